The monoisotopic (exact) mass is 403 g/mol. The Morgan fingerprint density at radius 1 is 1.00 bits per heavy atom. The number of nitrogens with one attached hydrogen (secondary N) is 3. The summed E-state index contributed by atoms with van der Waals surface area (Å²) in [5.74, 6) is -1.23. The molecule has 0 aliphatic rings. The van der Waals surface area contributed by atoms with Gasteiger partial charge in [-0.2, -0.15) is 0 Å². The van der Waals surface area contributed by atoms with Gasteiger partial charge < -0.3 is 20.7 Å². The summed E-state index contributed by atoms with van der Waals surface area (Å²) < 4.78 is 5.14. The number of halogens is 1. The van der Waals surface area contributed by atoms with Gasteiger partial charge in [0.15, 0.2) is 6.10 Å². The van der Waals surface area contributed by atoms with E-state index in [9.17, 15) is 14.4 Å². The number of carbonyl (C=O) groups excluding carboxylic acids is 3. The highest BCUT2D eigenvalue weighted by Gasteiger charge is 2.23. The highest BCUT2D eigenvalue weighted by molar-refractivity contribution is 6.31. The molecule has 3 N–H and O–H groups in total. The number of esters is 1. The number of para-hydroxylation sites is 1. The van der Waals surface area contributed by atoms with E-state index in [1.54, 1.807) is 42.5 Å². The van der Waals surface area contributed by atoms with E-state index in [0.29, 0.717) is 16.4 Å². The highest BCUT2D eigenvalue weighted by atomic mass is 35.5. The molecule has 0 bridgehead atoms. The molecule has 2 aromatic carbocycles. The van der Waals surface area contributed by atoms with Crippen molar-refractivity contribution < 1.29 is 19.1 Å². The van der Waals surface area contributed by atoms with Crippen molar-refractivity contribution in [3.63, 3.8) is 0 Å². The molecule has 0 aliphatic heterocycles. The smallest absolute Gasteiger partial charge is 0.329 e. The van der Waals surface area contributed by atoms with Crippen molar-refractivity contribution in [2.75, 3.05) is 10.6 Å². The second-order valence-corrected chi connectivity index (χ2v) is 6.65. The number of rotatable bonds is 6. The molecular formula is C20H22ClN3O4. The summed E-state index contributed by atoms with van der Waals surface area (Å²) in [6.45, 7) is 4.74. The van der Waals surface area contributed by atoms with Crippen LogP contribution in [0.15, 0.2) is 48.5 Å². The molecule has 8 heteroatoms. The quantitative estimate of drug-likeness (QED) is 0.640. The average Bonchev–Trinajstić information content (AvgIpc) is 2.65. The maximum atomic E-state index is 12.3. The number of anilines is 2. The molecule has 0 saturated carbocycles. The number of urea groups is 1. The first-order valence-corrected chi connectivity index (χ1v) is 9.04. The fraction of sp³-hybridized carbons (Fsp3) is 0.250. The second kappa shape index (κ2) is 9.75. The van der Waals surface area contributed by atoms with Crippen LogP contribution in [0.5, 0.6) is 0 Å². The largest absolute Gasteiger partial charge is 0.451 e. The first kappa shape index (κ1) is 21.2. The first-order chi connectivity index (χ1) is 13.3. The van der Waals surface area contributed by atoms with Crippen molar-refractivity contribution in [2.45, 2.75) is 32.9 Å². The van der Waals surface area contributed by atoms with Crippen LogP contribution < -0.4 is 16.0 Å². The summed E-state index contributed by atoms with van der Waals surface area (Å²) in [4.78, 5) is 36.4. The van der Waals surface area contributed by atoms with E-state index < -0.39 is 30.1 Å². The number of hydrogen-bond donors (Lipinski definition) is 3. The molecular weight excluding hydrogens is 382 g/mol. The standard InChI is InChI=1S/C20H22ClN3O4/c1-12-9-10-15(21)11-17(12)24-18(25)14(3)28-19(26)13(2)22-20(27)23-16-7-5-4-6-8-16/h4-11,13-14H,1-3H3,(H,24,25)(H2,22,23,27)/t13-,14+/m0/s1. The van der Waals surface area contributed by atoms with Gasteiger partial charge in [0.25, 0.3) is 5.91 Å². The van der Waals surface area contributed by atoms with Gasteiger partial charge in [-0.1, -0.05) is 35.9 Å². The molecule has 28 heavy (non-hydrogen) atoms. The van der Waals surface area contributed by atoms with Crippen LogP contribution in [0.1, 0.15) is 19.4 Å². The molecule has 2 rings (SSSR count). The summed E-state index contributed by atoms with van der Waals surface area (Å²) in [6.07, 6.45) is -1.05. The Morgan fingerprint density at radius 2 is 1.68 bits per heavy atom. The van der Waals surface area contributed by atoms with Crippen LogP contribution in [0, 0.1) is 6.92 Å². The Morgan fingerprint density at radius 3 is 2.36 bits per heavy atom. The topological polar surface area (TPSA) is 96.5 Å². The normalized spacial score (nSPS) is 12.4. The van der Waals surface area contributed by atoms with E-state index in [-0.39, 0.29) is 0 Å². The van der Waals surface area contributed by atoms with Gasteiger partial charge in [-0.15, -0.1) is 0 Å². The minimum atomic E-state index is -1.05. The molecule has 7 nitrogen and oxygen atoms in total. The molecule has 0 unspecified atom stereocenters. The summed E-state index contributed by atoms with van der Waals surface area (Å²) in [5.41, 5.74) is 1.95. The van der Waals surface area contributed by atoms with Gasteiger partial charge in [0, 0.05) is 16.4 Å². The first-order valence-electron chi connectivity index (χ1n) is 8.66. The number of hydrogen-bond acceptors (Lipinski definition) is 4. The number of amides is 3. The van der Waals surface area contributed by atoms with Gasteiger partial charge in [-0.3, -0.25) is 4.79 Å². The third-order valence-corrected chi connectivity index (χ3v) is 4.09. The van der Waals surface area contributed by atoms with Crippen molar-refractivity contribution in [3.8, 4) is 0 Å². The molecule has 0 aromatic heterocycles. The molecule has 0 fully saturated rings. The molecule has 2 aromatic rings. The van der Waals surface area contributed by atoms with Crippen LogP contribution in [-0.4, -0.2) is 30.1 Å². The third kappa shape index (κ3) is 6.28. The summed E-state index contributed by atoms with van der Waals surface area (Å²) in [7, 11) is 0. The Bertz CT molecular complexity index is 858. The molecule has 148 valence electrons. The zero-order valence-electron chi connectivity index (χ0n) is 15.8. The number of carbonyl (C=O) groups is 3. The summed E-state index contributed by atoms with van der Waals surface area (Å²) >= 11 is 5.93. The van der Waals surface area contributed by atoms with Gasteiger partial charge >= 0.3 is 12.0 Å². The van der Waals surface area contributed by atoms with Crippen LogP contribution >= 0.6 is 11.6 Å². The zero-order valence-corrected chi connectivity index (χ0v) is 16.5. The van der Waals surface area contributed by atoms with Crippen LogP contribution in [0.3, 0.4) is 0 Å². The van der Waals surface area contributed by atoms with Crippen LogP contribution in [-0.2, 0) is 14.3 Å². The lowest BCUT2D eigenvalue weighted by Gasteiger charge is -2.18. The Kier molecular flexibility index (Phi) is 7.40. The second-order valence-electron chi connectivity index (χ2n) is 6.21. The molecule has 3 amide bonds. The minimum absolute atomic E-state index is 0.479. The fourth-order valence-corrected chi connectivity index (χ4v) is 2.41. The van der Waals surface area contributed by atoms with Crippen molar-refractivity contribution in [3.05, 3.63) is 59.1 Å². The van der Waals surface area contributed by atoms with E-state index in [4.69, 9.17) is 16.3 Å². The molecule has 0 radical (unpaired) electrons. The lowest BCUT2D eigenvalue weighted by Crippen LogP contribution is -2.44. The number of benzene rings is 2. The fourth-order valence-electron chi connectivity index (χ4n) is 2.24. The molecule has 0 heterocycles. The van der Waals surface area contributed by atoms with Crippen LogP contribution in [0.2, 0.25) is 5.02 Å². The van der Waals surface area contributed by atoms with Gasteiger partial charge in [0.05, 0.1) is 0 Å². The van der Waals surface area contributed by atoms with E-state index in [2.05, 4.69) is 16.0 Å². The molecule has 0 saturated heterocycles. The van der Waals surface area contributed by atoms with Gasteiger partial charge in [-0.05, 0) is 50.6 Å². The summed E-state index contributed by atoms with van der Waals surface area (Å²) in [5, 5.41) is 8.21. The van der Waals surface area contributed by atoms with Crippen molar-refractivity contribution in [2.24, 2.45) is 0 Å². The maximum Gasteiger partial charge on any atom is 0.329 e. The van der Waals surface area contributed by atoms with Crippen molar-refractivity contribution >= 4 is 40.9 Å². The van der Waals surface area contributed by atoms with E-state index in [1.807, 2.05) is 13.0 Å². The van der Waals surface area contributed by atoms with E-state index in [1.165, 1.54) is 13.8 Å². The minimum Gasteiger partial charge on any atom is -0.451 e. The zero-order chi connectivity index (χ0) is 20.7. The summed E-state index contributed by atoms with van der Waals surface area (Å²) in [6, 6.07) is 12.4. The molecule has 2 atom stereocenters. The van der Waals surface area contributed by atoms with Crippen LogP contribution in [0.4, 0.5) is 16.2 Å². The highest BCUT2D eigenvalue weighted by Crippen LogP contribution is 2.20. The Labute approximate surface area is 168 Å². The van der Waals surface area contributed by atoms with E-state index in [0.717, 1.165) is 5.56 Å². The lowest BCUT2D eigenvalue weighted by molar-refractivity contribution is -0.154. The number of ether oxygens (including phenoxy) is 1. The molecule has 0 spiro atoms. The van der Waals surface area contributed by atoms with Crippen molar-refractivity contribution in [1.29, 1.82) is 0 Å². The van der Waals surface area contributed by atoms with Crippen LogP contribution in [0.25, 0.3) is 0 Å². The van der Waals surface area contributed by atoms with E-state index >= 15 is 0 Å². The predicted octanol–water partition coefficient (Wildman–Crippen LogP) is 3.73. The number of aryl methyl sites for hydroxylation is 1. The molecule has 0 aliphatic carbocycles. The maximum absolute atomic E-state index is 12.3. The predicted molar refractivity (Wildman–Crippen MR) is 108 cm³/mol. The van der Waals surface area contributed by atoms with Gasteiger partial charge in [0.2, 0.25) is 0 Å². The Balaban J connectivity index is 1.85. The SMILES string of the molecule is Cc1ccc(Cl)cc1NC(=O)[C@@H](C)OC(=O)[C@H](C)NC(=O)Nc1ccccc1. The van der Waals surface area contributed by atoms with Gasteiger partial charge in [0.1, 0.15) is 6.04 Å². The average molecular weight is 404 g/mol. The Hall–Kier alpha value is -3.06. The lowest BCUT2D eigenvalue weighted by atomic mass is 10.2. The third-order valence-electron chi connectivity index (χ3n) is 3.85. The van der Waals surface area contributed by atoms with Crippen molar-refractivity contribution in [1.82, 2.24) is 5.32 Å². The van der Waals surface area contributed by atoms with Gasteiger partial charge in [-0.25, -0.2) is 9.59 Å².